The van der Waals surface area contributed by atoms with E-state index in [0.717, 1.165) is 6.21 Å². The van der Waals surface area contributed by atoms with Gasteiger partial charge in [0.25, 0.3) is 0 Å². The molecule has 0 saturated heterocycles. The minimum absolute atomic E-state index is 0.0301. The monoisotopic (exact) mass is 254 g/mol. The van der Waals surface area contributed by atoms with E-state index in [1.54, 1.807) is 19.0 Å². The maximum Gasteiger partial charge on any atom is 0.358 e. The van der Waals surface area contributed by atoms with E-state index in [1.165, 1.54) is 27.2 Å². The van der Waals surface area contributed by atoms with E-state index >= 15 is 0 Å². The lowest BCUT2D eigenvalue weighted by Crippen LogP contribution is -2.10. The summed E-state index contributed by atoms with van der Waals surface area (Å²) in [4.78, 5) is 28.1. The summed E-state index contributed by atoms with van der Waals surface area (Å²) < 4.78 is 4.56. The maximum absolute atomic E-state index is 11.4. The molecule has 100 valence electrons. The van der Waals surface area contributed by atoms with Gasteiger partial charge >= 0.3 is 5.97 Å². The van der Waals surface area contributed by atoms with Crippen molar-refractivity contribution in [2.24, 2.45) is 4.99 Å². The van der Waals surface area contributed by atoms with Crippen LogP contribution >= 0.6 is 0 Å². The van der Waals surface area contributed by atoms with Crippen molar-refractivity contribution in [1.29, 1.82) is 0 Å². The zero-order chi connectivity index (χ0) is 14.3. The Morgan fingerprint density at radius 2 is 1.83 bits per heavy atom. The van der Waals surface area contributed by atoms with E-state index < -0.39 is 5.97 Å². The van der Waals surface area contributed by atoms with Gasteiger partial charge < -0.3 is 14.7 Å². The van der Waals surface area contributed by atoms with Gasteiger partial charge in [-0.2, -0.15) is 0 Å². The van der Waals surface area contributed by atoms with Gasteiger partial charge in [0.15, 0.2) is 11.5 Å². The van der Waals surface area contributed by atoms with E-state index in [-0.39, 0.29) is 22.8 Å². The first kappa shape index (κ1) is 15.9. The number of hydrogen-bond donors (Lipinski definition) is 1. The van der Waals surface area contributed by atoms with E-state index in [4.69, 9.17) is 0 Å². The summed E-state index contributed by atoms with van der Waals surface area (Å²) in [5.74, 6) is -1.12. The number of esters is 1. The Labute approximate surface area is 106 Å². The molecule has 0 bridgehead atoms. The van der Waals surface area contributed by atoms with Gasteiger partial charge in [0.05, 0.1) is 12.7 Å². The van der Waals surface area contributed by atoms with Gasteiger partial charge in [-0.1, -0.05) is 0 Å². The average Bonchev–Trinajstić information content (AvgIpc) is 2.25. The van der Waals surface area contributed by atoms with Crippen molar-refractivity contribution in [1.82, 2.24) is 4.90 Å². The molecule has 0 aliphatic rings. The summed E-state index contributed by atoms with van der Waals surface area (Å²) in [5.41, 5.74) is 0.0751. The lowest BCUT2D eigenvalue weighted by atomic mass is 10.2. The Balaban J connectivity index is 5.29. The molecule has 1 N–H and O–H groups in total. The lowest BCUT2D eigenvalue weighted by Gasteiger charge is -2.07. The standard InChI is InChI=1S/C12H18N2O4/c1-8(15)10(9(2)16)6-13-11(7-14(3)4)12(17)18-5/h6-7,15H,1-5H3/b10-8+,11-7-,13-6+. The molecule has 0 aromatic heterocycles. The number of aliphatic hydroxyl groups is 1. The van der Waals surface area contributed by atoms with Gasteiger partial charge in [-0.15, -0.1) is 0 Å². The fourth-order valence-electron chi connectivity index (χ4n) is 1.06. The van der Waals surface area contributed by atoms with Crippen LogP contribution in [0.2, 0.25) is 0 Å². The highest BCUT2D eigenvalue weighted by molar-refractivity contribution is 6.13. The van der Waals surface area contributed by atoms with Gasteiger partial charge in [0, 0.05) is 26.5 Å². The molecule has 0 unspecified atom stereocenters. The van der Waals surface area contributed by atoms with Gasteiger partial charge in [0.2, 0.25) is 0 Å². The third-order valence-electron chi connectivity index (χ3n) is 1.88. The smallest absolute Gasteiger partial charge is 0.358 e. The molecule has 0 atom stereocenters. The maximum atomic E-state index is 11.4. The van der Waals surface area contributed by atoms with Gasteiger partial charge in [0.1, 0.15) is 5.76 Å². The number of aliphatic imine (C=N–C) groups is 1. The molecule has 0 amide bonds. The van der Waals surface area contributed by atoms with Crippen molar-refractivity contribution in [2.75, 3.05) is 21.2 Å². The second-order valence-corrected chi connectivity index (χ2v) is 3.78. The van der Waals surface area contributed by atoms with Gasteiger partial charge in [-0.3, -0.25) is 4.79 Å². The molecule has 18 heavy (non-hydrogen) atoms. The Kier molecular flexibility index (Phi) is 6.41. The Bertz CT molecular complexity index is 416. The quantitative estimate of drug-likeness (QED) is 0.343. The predicted octanol–water partition coefficient (Wildman–Crippen LogP) is 1.05. The van der Waals surface area contributed by atoms with Crippen molar-refractivity contribution < 1.29 is 19.4 Å². The molecular weight excluding hydrogens is 236 g/mol. The van der Waals surface area contributed by atoms with Crippen molar-refractivity contribution in [3.8, 4) is 0 Å². The molecule has 0 aliphatic carbocycles. The number of rotatable bonds is 5. The first-order chi connectivity index (χ1) is 8.29. The number of Topliss-reactive ketones (excluding diaryl/α,β-unsaturated/α-hetero) is 1. The molecular formula is C12H18N2O4. The third kappa shape index (κ3) is 5.29. The molecule has 0 aromatic rings. The number of methoxy groups -OCH3 is 1. The minimum Gasteiger partial charge on any atom is -0.512 e. The third-order valence-corrected chi connectivity index (χ3v) is 1.88. The summed E-state index contributed by atoms with van der Waals surface area (Å²) in [6.45, 7) is 2.67. The molecule has 0 aliphatic heterocycles. The van der Waals surface area contributed by atoms with Crippen molar-refractivity contribution in [3.05, 3.63) is 23.2 Å². The Morgan fingerprint density at radius 3 is 2.17 bits per heavy atom. The van der Waals surface area contributed by atoms with Crippen LogP contribution in [0.4, 0.5) is 0 Å². The van der Waals surface area contributed by atoms with E-state index in [9.17, 15) is 14.7 Å². The van der Waals surface area contributed by atoms with Crippen LogP contribution in [0.25, 0.3) is 0 Å². The highest BCUT2D eigenvalue weighted by Crippen LogP contribution is 2.05. The molecule has 6 nitrogen and oxygen atoms in total. The number of ether oxygens (including phenoxy) is 1. The van der Waals surface area contributed by atoms with Crippen LogP contribution in [0.5, 0.6) is 0 Å². The zero-order valence-electron chi connectivity index (χ0n) is 11.2. The van der Waals surface area contributed by atoms with Crippen molar-refractivity contribution >= 4 is 18.0 Å². The van der Waals surface area contributed by atoms with Crippen LogP contribution in [0.3, 0.4) is 0 Å². The predicted molar refractivity (Wildman–Crippen MR) is 68.3 cm³/mol. The number of carbonyl (C=O) groups is 2. The van der Waals surface area contributed by atoms with Crippen molar-refractivity contribution in [2.45, 2.75) is 13.8 Å². The molecule has 0 fully saturated rings. The second-order valence-electron chi connectivity index (χ2n) is 3.78. The molecule has 0 aromatic carbocycles. The number of allylic oxidation sites excluding steroid dienone is 2. The molecule has 0 spiro atoms. The van der Waals surface area contributed by atoms with E-state index in [1.807, 2.05) is 0 Å². The summed E-state index contributed by atoms with van der Waals surface area (Å²) >= 11 is 0. The zero-order valence-corrected chi connectivity index (χ0v) is 11.2. The van der Waals surface area contributed by atoms with Crippen LogP contribution in [0.1, 0.15) is 13.8 Å². The summed E-state index contributed by atoms with van der Waals surface area (Å²) in [7, 11) is 4.68. The van der Waals surface area contributed by atoms with E-state index in [0.29, 0.717) is 0 Å². The van der Waals surface area contributed by atoms with Crippen LogP contribution in [-0.4, -0.2) is 49.2 Å². The minimum atomic E-state index is -0.626. The molecule has 0 rings (SSSR count). The summed E-state index contributed by atoms with van der Waals surface area (Å²) in [6, 6.07) is 0. The number of aliphatic hydroxyl groups excluding tert-OH is 1. The summed E-state index contributed by atoms with van der Waals surface area (Å²) in [5, 5.41) is 9.29. The van der Waals surface area contributed by atoms with Crippen LogP contribution < -0.4 is 0 Å². The van der Waals surface area contributed by atoms with Crippen LogP contribution in [-0.2, 0) is 14.3 Å². The molecule has 0 saturated carbocycles. The second kappa shape index (κ2) is 7.26. The summed E-state index contributed by atoms with van der Waals surface area (Å²) in [6.07, 6.45) is 2.59. The van der Waals surface area contributed by atoms with Crippen molar-refractivity contribution in [3.63, 3.8) is 0 Å². The topological polar surface area (TPSA) is 79.2 Å². The highest BCUT2D eigenvalue weighted by atomic mass is 16.5. The SMILES string of the molecule is COC(=O)C(=C/N(C)C)/N=C/C(C(C)=O)=C(/C)O. The number of nitrogens with zero attached hydrogens (tertiary/aromatic N) is 2. The molecule has 0 radical (unpaired) electrons. The first-order valence-electron chi connectivity index (χ1n) is 5.21. The van der Waals surface area contributed by atoms with E-state index in [2.05, 4.69) is 9.73 Å². The van der Waals surface area contributed by atoms with Crippen LogP contribution in [0, 0.1) is 0 Å². The fraction of sp³-hybridized carbons (Fsp3) is 0.417. The number of carbonyl (C=O) groups excluding carboxylic acids is 2. The number of ketones is 1. The highest BCUT2D eigenvalue weighted by Gasteiger charge is 2.10. The number of hydrogen-bond acceptors (Lipinski definition) is 6. The van der Waals surface area contributed by atoms with Gasteiger partial charge in [-0.05, 0) is 13.8 Å². The normalized spacial score (nSPS) is 13.3. The molecule has 6 heteroatoms. The lowest BCUT2D eigenvalue weighted by molar-refractivity contribution is -0.136. The van der Waals surface area contributed by atoms with Gasteiger partial charge in [-0.25, -0.2) is 9.79 Å². The first-order valence-corrected chi connectivity index (χ1v) is 5.21. The van der Waals surface area contributed by atoms with Crippen LogP contribution in [0.15, 0.2) is 28.2 Å². The molecule has 0 heterocycles. The fourth-order valence-corrected chi connectivity index (χ4v) is 1.06. The largest absolute Gasteiger partial charge is 0.512 e. The Hall–Kier alpha value is -2.11. The Morgan fingerprint density at radius 1 is 1.28 bits per heavy atom. The average molecular weight is 254 g/mol.